The Morgan fingerprint density at radius 2 is 2.25 bits per heavy atom. The van der Waals surface area contributed by atoms with Gasteiger partial charge in [-0.05, 0) is 24.6 Å². The van der Waals surface area contributed by atoms with Gasteiger partial charge in [0.1, 0.15) is 5.82 Å². The molecule has 0 spiro atoms. The minimum Gasteiger partial charge on any atom is -0.358 e. The summed E-state index contributed by atoms with van der Waals surface area (Å²) >= 11 is 5.85. The molecule has 0 aliphatic carbocycles. The average molecular weight is 245 g/mol. The van der Waals surface area contributed by atoms with Gasteiger partial charge in [0.15, 0.2) is 0 Å². The van der Waals surface area contributed by atoms with Crippen LogP contribution in [0.5, 0.6) is 0 Å². The van der Waals surface area contributed by atoms with E-state index in [1.165, 1.54) is 12.1 Å². The molecule has 0 saturated carbocycles. The van der Waals surface area contributed by atoms with Crippen molar-refractivity contribution in [3.63, 3.8) is 0 Å². The molecule has 0 heterocycles. The summed E-state index contributed by atoms with van der Waals surface area (Å²) in [4.78, 5) is 11.2. The molecule has 0 radical (unpaired) electrons. The SMILES string of the molecule is CNC(=O)[C@@H](C)NCc1ccc(F)cc1Cl. The first-order valence-electron chi connectivity index (χ1n) is 4.93. The van der Waals surface area contributed by atoms with Crippen molar-refractivity contribution in [3.8, 4) is 0 Å². The van der Waals surface area contributed by atoms with Crippen LogP contribution in [0.4, 0.5) is 4.39 Å². The third-order valence-electron chi connectivity index (χ3n) is 2.25. The molecule has 0 fully saturated rings. The summed E-state index contributed by atoms with van der Waals surface area (Å²) in [7, 11) is 1.57. The number of nitrogens with one attached hydrogen (secondary N) is 2. The van der Waals surface area contributed by atoms with E-state index in [0.717, 1.165) is 5.56 Å². The van der Waals surface area contributed by atoms with Crippen molar-refractivity contribution in [2.45, 2.75) is 19.5 Å². The first-order valence-corrected chi connectivity index (χ1v) is 5.31. The minimum absolute atomic E-state index is 0.0989. The largest absolute Gasteiger partial charge is 0.358 e. The molecule has 3 nitrogen and oxygen atoms in total. The highest BCUT2D eigenvalue weighted by atomic mass is 35.5. The van der Waals surface area contributed by atoms with Crippen molar-refractivity contribution in [1.82, 2.24) is 10.6 Å². The number of likely N-dealkylation sites (N-methyl/N-ethyl adjacent to an activating group) is 1. The van der Waals surface area contributed by atoms with E-state index >= 15 is 0 Å². The molecule has 1 aromatic carbocycles. The lowest BCUT2D eigenvalue weighted by Crippen LogP contribution is -2.40. The molecule has 2 N–H and O–H groups in total. The Bertz CT molecular complexity index is 384. The zero-order valence-corrected chi connectivity index (χ0v) is 9.94. The van der Waals surface area contributed by atoms with Crippen LogP contribution in [-0.4, -0.2) is 19.0 Å². The van der Waals surface area contributed by atoms with Crippen molar-refractivity contribution in [1.29, 1.82) is 0 Å². The standard InChI is InChI=1S/C11H14ClFN2O/c1-7(11(16)14-2)15-6-8-3-4-9(13)5-10(8)12/h3-5,7,15H,6H2,1-2H3,(H,14,16)/t7-/m1/s1. The van der Waals surface area contributed by atoms with Gasteiger partial charge in [-0.3, -0.25) is 4.79 Å². The normalized spacial score (nSPS) is 12.2. The lowest BCUT2D eigenvalue weighted by molar-refractivity contribution is -0.122. The maximum absolute atomic E-state index is 12.8. The number of carbonyl (C=O) groups excluding carboxylic acids is 1. The topological polar surface area (TPSA) is 41.1 Å². The first-order chi connectivity index (χ1) is 7.54. The fraction of sp³-hybridized carbons (Fsp3) is 0.364. The van der Waals surface area contributed by atoms with Crippen LogP contribution in [0, 0.1) is 5.82 Å². The Kier molecular flexibility index (Phi) is 4.71. The number of halogens is 2. The monoisotopic (exact) mass is 244 g/mol. The molecule has 0 aliphatic heterocycles. The van der Waals surface area contributed by atoms with E-state index in [9.17, 15) is 9.18 Å². The van der Waals surface area contributed by atoms with Crippen LogP contribution >= 0.6 is 11.6 Å². The van der Waals surface area contributed by atoms with E-state index in [0.29, 0.717) is 11.6 Å². The summed E-state index contributed by atoms with van der Waals surface area (Å²) in [6, 6.07) is 3.88. The van der Waals surface area contributed by atoms with Crippen LogP contribution in [0.2, 0.25) is 5.02 Å². The van der Waals surface area contributed by atoms with E-state index in [2.05, 4.69) is 10.6 Å². The molecule has 16 heavy (non-hydrogen) atoms. The average Bonchev–Trinajstić information content (AvgIpc) is 2.26. The number of rotatable bonds is 4. The van der Waals surface area contributed by atoms with Gasteiger partial charge in [0, 0.05) is 18.6 Å². The predicted octanol–water partition coefficient (Wildman–Crippen LogP) is 1.70. The minimum atomic E-state index is -0.368. The number of carbonyl (C=O) groups is 1. The molecule has 1 rings (SSSR count). The van der Waals surface area contributed by atoms with Crippen LogP contribution in [0.1, 0.15) is 12.5 Å². The highest BCUT2D eigenvalue weighted by Gasteiger charge is 2.10. The number of hydrogen-bond acceptors (Lipinski definition) is 2. The molecule has 5 heteroatoms. The molecule has 1 aromatic rings. The molecule has 88 valence electrons. The summed E-state index contributed by atoms with van der Waals surface area (Å²) in [6.07, 6.45) is 0. The second kappa shape index (κ2) is 5.82. The number of benzene rings is 1. The van der Waals surface area contributed by atoms with Gasteiger partial charge in [0.25, 0.3) is 0 Å². The van der Waals surface area contributed by atoms with E-state index in [1.54, 1.807) is 20.0 Å². The molecule has 1 atom stereocenters. The Morgan fingerprint density at radius 3 is 2.81 bits per heavy atom. The predicted molar refractivity (Wildman–Crippen MR) is 61.8 cm³/mol. The van der Waals surface area contributed by atoms with E-state index in [1.807, 2.05) is 0 Å². The summed E-state index contributed by atoms with van der Waals surface area (Å²) in [5.74, 6) is -0.466. The third-order valence-corrected chi connectivity index (χ3v) is 2.61. The molecular weight excluding hydrogens is 231 g/mol. The van der Waals surface area contributed by atoms with Crippen LogP contribution in [-0.2, 0) is 11.3 Å². The van der Waals surface area contributed by atoms with Crippen LogP contribution in [0.3, 0.4) is 0 Å². The maximum Gasteiger partial charge on any atom is 0.236 e. The summed E-state index contributed by atoms with van der Waals surface area (Å²) in [5, 5.41) is 5.88. The zero-order chi connectivity index (χ0) is 12.1. The summed E-state index contributed by atoms with van der Waals surface area (Å²) in [5.41, 5.74) is 0.763. The Morgan fingerprint density at radius 1 is 1.56 bits per heavy atom. The van der Waals surface area contributed by atoms with Gasteiger partial charge >= 0.3 is 0 Å². The van der Waals surface area contributed by atoms with E-state index in [4.69, 9.17) is 11.6 Å². The highest BCUT2D eigenvalue weighted by Crippen LogP contribution is 2.16. The van der Waals surface area contributed by atoms with Gasteiger partial charge in [0.05, 0.1) is 6.04 Å². The van der Waals surface area contributed by atoms with Crippen molar-refractivity contribution in [2.24, 2.45) is 0 Å². The molecular formula is C11H14ClFN2O. The molecule has 1 amide bonds. The lowest BCUT2D eigenvalue weighted by atomic mass is 10.2. The molecule has 0 aliphatic rings. The highest BCUT2D eigenvalue weighted by molar-refractivity contribution is 6.31. The fourth-order valence-electron chi connectivity index (χ4n) is 1.24. The van der Waals surface area contributed by atoms with Crippen molar-refractivity contribution < 1.29 is 9.18 Å². The lowest BCUT2D eigenvalue weighted by Gasteiger charge is -2.12. The molecule has 0 aromatic heterocycles. The van der Waals surface area contributed by atoms with Gasteiger partial charge in [-0.15, -0.1) is 0 Å². The Balaban J connectivity index is 2.58. The molecule has 0 saturated heterocycles. The van der Waals surface area contributed by atoms with Crippen molar-refractivity contribution in [2.75, 3.05) is 7.05 Å². The van der Waals surface area contributed by atoms with Crippen LogP contribution < -0.4 is 10.6 Å². The van der Waals surface area contributed by atoms with Crippen LogP contribution in [0.25, 0.3) is 0 Å². The van der Waals surface area contributed by atoms with Gasteiger partial charge in [-0.25, -0.2) is 4.39 Å². The second-order valence-electron chi connectivity index (χ2n) is 3.45. The van der Waals surface area contributed by atoms with Crippen molar-refractivity contribution in [3.05, 3.63) is 34.6 Å². The van der Waals surface area contributed by atoms with E-state index in [-0.39, 0.29) is 17.8 Å². The molecule has 0 unspecified atom stereocenters. The smallest absolute Gasteiger partial charge is 0.236 e. The quantitative estimate of drug-likeness (QED) is 0.847. The van der Waals surface area contributed by atoms with Crippen molar-refractivity contribution >= 4 is 17.5 Å². The molecule has 0 bridgehead atoms. The van der Waals surface area contributed by atoms with Gasteiger partial charge < -0.3 is 10.6 Å². The third kappa shape index (κ3) is 3.47. The van der Waals surface area contributed by atoms with E-state index < -0.39 is 0 Å². The summed E-state index contributed by atoms with van der Waals surface area (Å²) < 4.78 is 12.8. The first kappa shape index (κ1) is 12.9. The fourth-order valence-corrected chi connectivity index (χ4v) is 1.47. The Labute approximate surface area is 99.0 Å². The zero-order valence-electron chi connectivity index (χ0n) is 9.18. The number of hydrogen-bond donors (Lipinski definition) is 2. The van der Waals surface area contributed by atoms with Crippen LogP contribution in [0.15, 0.2) is 18.2 Å². The van der Waals surface area contributed by atoms with Gasteiger partial charge in [-0.1, -0.05) is 17.7 Å². The van der Waals surface area contributed by atoms with Gasteiger partial charge in [-0.2, -0.15) is 0 Å². The maximum atomic E-state index is 12.8. The summed E-state index contributed by atoms with van der Waals surface area (Å²) in [6.45, 7) is 2.17. The number of amides is 1. The van der Waals surface area contributed by atoms with Gasteiger partial charge in [0.2, 0.25) is 5.91 Å². The second-order valence-corrected chi connectivity index (χ2v) is 3.86. The Hall–Kier alpha value is -1.13.